The van der Waals surface area contributed by atoms with Gasteiger partial charge in [0.05, 0.1) is 34.6 Å². The summed E-state index contributed by atoms with van der Waals surface area (Å²) in [6.07, 6.45) is 7.86. The Morgan fingerprint density at radius 2 is 1.00 bits per heavy atom. The number of hydrogen-bond donors (Lipinski definition) is 2. The number of fused-ring (bicyclic) bond motifs is 9. The number of rotatable bonds is 0. The zero-order valence-corrected chi connectivity index (χ0v) is 18.9. The fourth-order valence-corrected chi connectivity index (χ4v) is 5.92. The number of hydrogen-bond acceptors (Lipinski definition) is 4. The Morgan fingerprint density at radius 1 is 0.556 bits per heavy atom. The van der Waals surface area contributed by atoms with Crippen LogP contribution >= 0.6 is 0 Å². The van der Waals surface area contributed by atoms with E-state index in [1.807, 2.05) is 85.0 Å². The van der Waals surface area contributed by atoms with Crippen LogP contribution in [0, 0.1) is 0 Å². The van der Waals surface area contributed by atoms with E-state index in [1.165, 1.54) is 0 Å². The van der Waals surface area contributed by atoms with Gasteiger partial charge < -0.3 is 9.97 Å². The highest BCUT2D eigenvalue weighted by Crippen LogP contribution is 2.52. The number of carbonyl (C=O) groups is 2. The molecule has 0 fully saturated rings. The molecular formula is C30H18N4O2. The highest BCUT2D eigenvalue weighted by Gasteiger charge is 2.50. The highest BCUT2D eigenvalue weighted by molar-refractivity contribution is 6.45. The minimum atomic E-state index is -0.616. The summed E-state index contributed by atoms with van der Waals surface area (Å²) in [6.45, 7) is 0. The van der Waals surface area contributed by atoms with E-state index in [1.54, 1.807) is 0 Å². The molecule has 2 unspecified atom stereocenters. The van der Waals surface area contributed by atoms with Gasteiger partial charge in [0, 0.05) is 22.1 Å². The lowest BCUT2D eigenvalue weighted by Crippen LogP contribution is -2.40. The average Bonchev–Trinajstić information content (AvgIpc) is 3.67. The molecule has 4 aromatic rings. The maximum absolute atomic E-state index is 13.3. The van der Waals surface area contributed by atoms with Gasteiger partial charge in [-0.05, 0) is 83.0 Å². The molecule has 0 amide bonds. The van der Waals surface area contributed by atoms with E-state index in [-0.39, 0.29) is 11.6 Å². The smallest absolute Gasteiger partial charge is 0.211 e. The summed E-state index contributed by atoms with van der Waals surface area (Å²) in [7, 11) is 0. The molecule has 2 N–H and O–H groups in total. The van der Waals surface area contributed by atoms with Crippen LogP contribution in [0.3, 0.4) is 0 Å². The molecule has 170 valence electrons. The predicted octanol–water partition coefficient (Wildman–Crippen LogP) is 5.38. The molecule has 5 heterocycles. The molecule has 9 rings (SSSR count). The van der Waals surface area contributed by atoms with Gasteiger partial charge in [-0.3, -0.25) is 9.59 Å². The van der Waals surface area contributed by atoms with E-state index < -0.39 is 11.8 Å². The molecule has 0 spiro atoms. The largest absolute Gasteiger partial charge is 0.355 e. The lowest BCUT2D eigenvalue weighted by Gasteiger charge is -2.36. The van der Waals surface area contributed by atoms with Crippen LogP contribution in [0.2, 0.25) is 0 Å². The van der Waals surface area contributed by atoms with E-state index in [0.29, 0.717) is 0 Å². The third-order valence-corrected chi connectivity index (χ3v) is 7.39. The first kappa shape index (κ1) is 19.5. The second-order valence-corrected chi connectivity index (χ2v) is 9.54. The quantitative estimate of drug-likeness (QED) is 0.294. The normalized spacial score (nSPS) is 19.0. The van der Waals surface area contributed by atoms with Gasteiger partial charge in [0.2, 0.25) is 11.6 Å². The lowest BCUT2D eigenvalue weighted by atomic mass is 9.63. The lowest BCUT2D eigenvalue weighted by molar-refractivity contribution is -0.138. The van der Waals surface area contributed by atoms with Crippen LogP contribution in [0.1, 0.15) is 56.9 Å². The number of aromatic amines is 2. The van der Waals surface area contributed by atoms with E-state index in [9.17, 15) is 9.59 Å². The summed E-state index contributed by atoms with van der Waals surface area (Å²) < 4.78 is 0. The second-order valence-electron chi connectivity index (χ2n) is 9.54. The molecule has 6 heteroatoms. The summed E-state index contributed by atoms with van der Waals surface area (Å²) >= 11 is 0. The van der Waals surface area contributed by atoms with E-state index in [2.05, 4.69) is 9.97 Å². The number of carbonyl (C=O) groups excluding carboxylic acids is 2. The van der Waals surface area contributed by atoms with Gasteiger partial charge in [0.1, 0.15) is 0 Å². The minimum Gasteiger partial charge on any atom is -0.355 e. The fourth-order valence-electron chi connectivity index (χ4n) is 5.92. The molecule has 6 nitrogen and oxygen atoms in total. The first-order chi connectivity index (χ1) is 17.6. The first-order valence-corrected chi connectivity index (χ1v) is 11.9. The Balaban J connectivity index is 1.52. The van der Waals surface area contributed by atoms with Crippen molar-refractivity contribution in [1.82, 2.24) is 19.9 Å². The third kappa shape index (κ3) is 2.66. The molecule has 3 aromatic heterocycles. The van der Waals surface area contributed by atoms with Gasteiger partial charge in [0.25, 0.3) is 0 Å². The zero-order valence-electron chi connectivity index (χ0n) is 18.9. The molecular weight excluding hydrogens is 448 g/mol. The van der Waals surface area contributed by atoms with Crippen LogP contribution in [-0.4, -0.2) is 31.5 Å². The van der Waals surface area contributed by atoms with Crippen LogP contribution in [0.5, 0.6) is 0 Å². The van der Waals surface area contributed by atoms with Crippen molar-refractivity contribution >= 4 is 57.9 Å². The molecule has 2 aliphatic heterocycles. The summed E-state index contributed by atoms with van der Waals surface area (Å²) in [5.74, 6) is -1.91. The highest BCUT2D eigenvalue weighted by atomic mass is 16.2. The molecule has 2 atom stereocenters. The van der Waals surface area contributed by atoms with Crippen molar-refractivity contribution in [1.29, 1.82) is 0 Å². The Bertz CT molecular complexity index is 1770. The van der Waals surface area contributed by atoms with Gasteiger partial charge in [-0.25, -0.2) is 9.97 Å². The first-order valence-electron chi connectivity index (χ1n) is 11.9. The zero-order chi connectivity index (χ0) is 24.0. The summed E-state index contributed by atoms with van der Waals surface area (Å²) in [5.41, 5.74) is 10.3. The van der Waals surface area contributed by atoms with Crippen molar-refractivity contribution in [3.05, 3.63) is 106 Å². The van der Waals surface area contributed by atoms with Gasteiger partial charge >= 0.3 is 0 Å². The van der Waals surface area contributed by atoms with Crippen LogP contribution in [-0.2, 0) is 9.59 Å². The second kappa shape index (κ2) is 6.86. The number of nitrogens with one attached hydrogen (secondary N) is 2. The summed E-state index contributed by atoms with van der Waals surface area (Å²) in [6, 6.07) is 19.8. The third-order valence-electron chi connectivity index (χ3n) is 7.39. The molecule has 0 saturated carbocycles. The van der Waals surface area contributed by atoms with Crippen LogP contribution in [0.25, 0.3) is 46.4 Å². The number of aromatic nitrogens is 4. The van der Waals surface area contributed by atoms with Crippen LogP contribution < -0.4 is 0 Å². The number of H-pyrrole nitrogens is 2. The van der Waals surface area contributed by atoms with E-state index in [0.717, 1.165) is 67.1 Å². The van der Waals surface area contributed by atoms with Crippen molar-refractivity contribution in [2.45, 2.75) is 11.8 Å². The van der Waals surface area contributed by atoms with E-state index >= 15 is 0 Å². The maximum atomic E-state index is 13.3. The number of nitrogens with zero attached hydrogens (tertiary/aromatic N) is 2. The van der Waals surface area contributed by atoms with Crippen molar-refractivity contribution in [2.75, 3.05) is 0 Å². The molecule has 3 aliphatic carbocycles. The molecule has 10 bridgehead atoms. The molecule has 0 saturated heterocycles. The Morgan fingerprint density at radius 3 is 1.47 bits per heavy atom. The Kier molecular flexibility index (Phi) is 3.71. The predicted molar refractivity (Wildman–Crippen MR) is 139 cm³/mol. The van der Waals surface area contributed by atoms with Crippen molar-refractivity contribution in [2.24, 2.45) is 0 Å². The Hall–Kier alpha value is -4.84. The van der Waals surface area contributed by atoms with Crippen molar-refractivity contribution in [3.63, 3.8) is 0 Å². The number of Topliss-reactive ketones (excluding diaryl/α,β-unsaturated/α-hetero) is 2. The standard InChI is InChI=1S/C30H18N4O2/c35-29-25-21-3-1-2-4-22(21)26(30(29)36)28-24-14-20-10-8-18(33-20)12-16-6-5-15(31-16)11-17-7-9-19(32-17)13-23(34-24)27(25)28/h1-14,25-26,31,34H. The SMILES string of the molecule is O=C1C(=O)C2c3ccccc3C1c1c2c2cc3nc(cc4ccc(cc5nc(cc1[nH]2)C=C5)[nH]4)C=C3. The molecule has 36 heavy (non-hydrogen) atoms. The summed E-state index contributed by atoms with van der Waals surface area (Å²) in [5, 5.41) is 0. The van der Waals surface area contributed by atoms with E-state index in [4.69, 9.17) is 9.97 Å². The number of ketones is 2. The minimum absolute atomic E-state index is 0.340. The van der Waals surface area contributed by atoms with Crippen LogP contribution in [0.15, 0.2) is 60.7 Å². The van der Waals surface area contributed by atoms with Gasteiger partial charge in [-0.15, -0.1) is 0 Å². The van der Waals surface area contributed by atoms with Crippen LogP contribution in [0.4, 0.5) is 0 Å². The Labute approximate surface area is 205 Å². The van der Waals surface area contributed by atoms with Gasteiger partial charge in [0.15, 0.2) is 0 Å². The topological polar surface area (TPSA) is 91.5 Å². The van der Waals surface area contributed by atoms with Gasteiger partial charge in [-0.1, -0.05) is 24.3 Å². The van der Waals surface area contributed by atoms with Gasteiger partial charge in [-0.2, -0.15) is 0 Å². The summed E-state index contributed by atoms with van der Waals surface area (Å²) in [4.78, 5) is 43.0. The number of benzene rings is 1. The molecule has 5 aliphatic rings. The monoisotopic (exact) mass is 466 g/mol. The fraction of sp³-hybridized carbons (Fsp3) is 0.0667. The van der Waals surface area contributed by atoms with Crippen molar-refractivity contribution in [3.8, 4) is 0 Å². The molecule has 1 aromatic carbocycles. The van der Waals surface area contributed by atoms with Crippen molar-refractivity contribution < 1.29 is 9.59 Å². The molecule has 0 radical (unpaired) electrons. The average molecular weight is 467 g/mol. The maximum Gasteiger partial charge on any atom is 0.211 e.